The molecule has 2 unspecified atom stereocenters. The molecule has 1 rings (SSSR count). The summed E-state index contributed by atoms with van der Waals surface area (Å²) in [5.41, 5.74) is -0.569. The Morgan fingerprint density at radius 1 is 1.20 bits per heavy atom. The second-order valence-electron chi connectivity index (χ2n) is 5.86. The van der Waals surface area contributed by atoms with Crippen molar-refractivity contribution < 1.29 is 33.8 Å². The quantitative estimate of drug-likeness (QED) is 0.222. The second kappa shape index (κ2) is 9.91. The minimum atomic E-state index is -0.955. The van der Waals surface area contributed by atoms with Crippen LogP contribution in [0.5, 0.6) is 0 Å². The number of ether oxygens (including phenoxy) is 2. The summed E-state index contributed by atoms with van der Waals surface area (Å²) in [6.07, 6.45) is 1.23. The number of carbonyl (C=O) groups is 3. The lowest BCUT2D eigenvalue weighted by Gasteiger charge is -2.31. The van der Waals surface area contributed by atoms with E-state index in [1.807, 2.05) is 0 Å². The standard InChI is InChI=1S/C18H24O7/c1-4-7-13(20)15-16(22)12(10-19)11(18(25-3)17(15)23)8-5-6-9-14(21)24-2/h11,18,23H,4-9H2,1-3H3. The summed E-state index contributed by atoms with van der Waals surface area (Å²) >= 11 is 0. The molecule has 25 heavy (non-hydrogen) atoms. The summed E-state index contributed by atoms with van der Waals surface area (Å²) < 4.78 is 9.80. The second-order valence-corrected chi connectivity index (χ2v) is 5.86. The van der Waals surface area contributed by atoms with Crippen molar-refractivity contribution >= 4 is 23.5 Å². The number of Topliss-reactive ketones (excluding diaryl/α,β-unsaturated/α-hetero) is 2. The van der Waals surface area contributed by atoms with E-state index in [-0.39, 0.29) is 30.0 Å². The van der Waals surface area contributed by atoms with Gasteiger partial charge in [-0.15, -0.1) is 0 Å². The van der Waals surface area contributed by atoms with Crippen molar-refractivity contribution in [1.29, 1.82) is 0 Å². The first-order chi connectivity index (χ1) is 11.9. The van der Waals surface area contributed by atoms with Crippen LogP contribution in [0.3, 0.4) is 0 Å². The Morgan fingerprint density at radius 3 is 2.40 bits per heavy atom. The minimum Gasteiger partial charge on any atom is -0.509 e. The van der Waals surface area contributed by atoms with E-state index in [1.54, 1.807) is 12.9 Å². The molecular weight excluding hydrogens is 328 g/mol. The van der Waals surface area contributed by atoms with Gasteiger partial charge in [-0.3, -0.25) is 14.4 Å². The van der Waals surface area contributed by atoms with Gasteiger partial charge in [0, 0.05) is 25.9 Å². The average Bonchev–Trinajstić information content (AvgIpc) is 2.58. The third kappa shape index (κ3) is 4.87. The molecule has 7 nitrogen and oxygen atoms in total. The smallest absolute Gasteiger partial charge is 0.305 e. The van der Waals surface area contributed by atoms with Crippen molar-refractivity contribution in [1.82, 2.24) is 0 Å². The molecule has 0 saturated heterocycles. The Balaban J connectivity index is 3.02. The van der Waals surface area contributed by atoms with Crippen LogP contribution < -0.4 is 0 Å². The number of carbonyl (C=O) groups excluding carboxylic acids is 4. The zero-order chi connectivity index (χ0) is 19.0. The Morgan fingerprint density at radius 2 is 1.88 bits per heavy atom. The summed E-state index contributed by atoms with van der Waals surface area (Å²) in [5.74, 6) is -1.14. The molecule has 1 N–H and O–H groups in total. The van der Waals surface area contributed by atoms with Crippen LogP contribution in [0.1, 0.15) is 45.4 Å². The lowest BCUT2D eigenvalue weighted by Crippen LogP contribution is -2.38. The largest absolute Gasteiger partial charge is 0.509 e. The van der Waals surface area contributed by atoms with Gasteiger partial charge in [-0.2, -0.15) is 0 Å². The predicted molar refractivity (Wildman–Crippen MR) is 88.6 cm³/mol. The molecule has 0 aromatic heterocycles. The molecular formula is C18H24O7. The van der Waals surface area contributed by atoms with Gasteiger partial charge in [0.15, 0.2) is 5.78 Å². The van der Waals surface area contributed by atoms with Crippen LogP contribution in [0.4, 0.5) is 0 Å². The predicted octanol–water partition coefficient (Wildman–Crippen LogP) is 1.87. The number of allylic oxidation sites excluding steroid dienone is 1. The maximum Gasteiger partial charge on any atom is 0.305 e. The van der Waals surface area contributed by atoms with Crippen molar-refractivity contribution in [2.75, 3.05) is 14.2 Å². The molecule has 1 aliphatic rings. The van der Waals surface area contributed by atoms with E-state index in [9.17, 15) is 24.3 Å². The molecule has 0 spiro atoms. The first kappa shape index (κ1) is 20.8. The molecule has 0 saturated carbocycles. The summed E-state index contributed by atoms with van der Waals surface area (Å²) in [7, 11) is 2.64. The number of esters is 1. The molecule has 0 aromatic rings. The van der Waals surface area contributed by atoms with Gasteiger partial charge in [0.05, 0.1) is 12.7 Å². The van der Waals surface area contributed by atoms with Crippen molar-refractivity contribution in [3.8, 4) is 0 Å². The van der Waals surface area contributed by atoms with Gasteiger partial charge in [0.25, 0.3) is 0 Å². The minimum absolute atomic E-state index is 0.0947. The highest BCUT2D eigenvalue weighted by Gasteiger charge is 2.43. The molecule has 2 atom stereocenters. The van der Waals surface area contributed by atoms with Gasteiger partial charge < -0.3 is 14.6 Å². The van der Waals surface area contributed by atoms with Crippen LogP contribution in [-0.2, 0) is 28.7 Å². The molecule has 7 heteroatoms. The van der Waals surface area contributed by atoms with Crippen molar-refractivity contribution in [3.05, 3.63) is 16.9 Å². The first-order valence-electron chi connectivity index (χ1n) is 8.28. The fraction of sp³-hybridized carbons (Fsp3) is 0.611. The van der Waals surface area contributed by atoms with Crippen LogP contribution in [0.25, 0.3) is 0 Å². The van der Waals surface area contributed by atoms with Gasteiger partial charge in [-0.1, -0.05) is 13.3 Å². The first-order valence-corrected chi connectivity index (χ1v) is 8.28. The monoisotopic (exact) mass is 352 g/mol. The number of unbranched alkanes of at least 4 members (excludes halogenated alkanes) is 1. The van der Waals surface area contributed by atoms with Crippen LogP contribution in [0, 0.1) is 5.92 Å². The van der Waals surface area contributed by atoms with Crippen molar-refractivity contribution in [3.63, 3.8) is 0 Å². The van der Waals surface area contributed by atoms with Crippen molar-refractivity contribution in [2.24, 2.45) is 5.92 Å². The lowest BCUT2D eigenvalue weighted by molar-refractivity contribution is -0.140. The normalized spacial score (nSPS) is 20.4. The number of rotatable bonds is 9. The van der Waals surface area contributed by atoms with Gasteiger partial charge in [0.2, 0.25) is 5.78 Å². The van der Waals surface area contributed by atoms with Crippen LogP contribution in [-0.4, -0.2) is 48.9 Å². The fourth-order valence-electron chi connectivity index (χ4n) is 2.95. The average molecular weight is 352 g/mol. The van der Waals surface area contributed by atoms with Gasteiger partial charge >= 0.3 is 5.97 Å². The summed E-state index contributed by atoms with van der Waals surface area (Å²) in [6, 6.07) is 0. The number of aliphatic hydroxyl groups excluding tert-OH is 1. The van der Waals surface area contributed by atoms with Crippen LogP contribution in [0.2, 0.25) is 0 Å². The van der Waals surface area contributed by atoms with E-state index in [0.717, 1.165) is 0 Å². The van der Waals surface area contributed by atoms with E-state index in [0.29, 0.717) is 25.7 Å². The Labute approximate surface area is 146 Å². The SMILES string of the molecule is CCCC(=O)C1=C(O)C(OC)C(CCCCC(=O)OC)C(=C=O)C1=O. The molecule has 0 bridgehead atoms. The molecule has 0 amide bonds. The van der Waals surface area contributed by atoms with E-state index in [2.05, 4.69) is 4.74 Å². The summed E-state index contributed by atoms with van der Waals surface area (Å²) in [4.78, 5) is 47.1. The topological polar surface area (TPSA) is 107 Å². The van der Waals surface area contributed by atoms with E-state index in [4.69, 9.17) is 4.74 Å². The highest BCUT2D eigenvalue weighted by molar-refractivity contribution is 6.29. The number of hydrogen-bond acceptors (Lipinski definition) is 7. The van der Waals surface area contributed by atoms with E-state index < -0.39 is 29.3 Å². The van der Waals surface area contributed by atoms with Gasteiger partial charge in [0.1, 0.15) is 23.4 Å². The Hall–Kier alpha value is -2.24. The number of hydrogen-bond donors (Lipinski definition) is 1. The molecule has 138 valence electrons. The fourth-order valence-corrected chi connectivity index (χ4v) is 2.95. The van der Waals surface area contributed by atoms with Gasteiger partial charge in [-0.05, 0) is 19.3 Å². The maximum atomic E-state index is 12.5. The number of methoxy groups -OCH3 is 2. The molecule has 0 heterocycles. The highest BCUT2D eigenvalue weighted by atomic mass is 16.5. The number of aliphatic hydroxyl groups is 1. The Kier molecular flexibility index (Phi) is 8.25. The number of ketones is 2. The molecule has 0 fully saturated rings. The molecule has 0 aliphatic heterocycles. The van der Waals surface area contributed by atoms with E-state index in [1.165, 1.54) is 14.2 Å². The lowest BCUT2D eigenvalue weighted by atomic mass is 9.76. The third-order valence-corrected chi connectivity index (χ3v) is 4.23. The molecule has 1 aliphatic carbocycles. The zero-order valence-corrected chi connectivity index (χ0v) is 14.8. The van der Waals surface area contributed by atoms with Crippen LogP contribution in [0.15, 0.2) is 16.9 Å². The van der Waals surface area contributed by atoms with Crippen molar-refractivity contribution in [2.45, 2.75) is 51.6 Å². The van der Waals surface area contributed by atoms with Gasteiger partial charge in [-0.25, -0.2) is 4.79 Å². The zero-order valence-electron chi connectivity index (χ0n) is 14.8. The van der Waals surface area contributed by atoms with Crippen LogP contribution >= 0.6 is 0 Å². The Bertz CT molecular complexity index is 611. The molecule has 0 aromatic carbocycles. The van der Waals surface area contributed by atoms with E-state index >= 15 is 0 Å². The third-order valence-electron chi connectivity index (χ3n) is 4.23. The maximum absolute atomic E-state index is 12.5. The summed E-state index contributed by atoms with van der Waals surface area (Å²) in [5, 5.41) is 10.4. The summed E-state index contributed by atoms with van der Waals surface area (Å²) in [6.45, 7) is 1.78. The molecule has 0 radical (unpaired) electrons. The highest BCUT2D eigenvalue weighted by Crippen LogP contribution is 2.35.